The molecule has 0 saturated carbocycles. The molecule has 1 aliphatic rings. The van der Waals surface area contributed by atoms with Crippen LogP contribution in [0.3, 0.4) is 0 Å². The fourth-order valence-electron chi connectivity index (χ4n) is 2.62. The molecule has 0 aliphatic carbocycles. The number of hydrogen-bond acceptors (Lipinski definition) is 3. The van der Waals surface area contributed by atoms with Crippen LogP contribution in [-0.2, 0) is 6.42 Å². The summed E-state index contributed by atoms with van der Waals surface area (Å²) in [5.74, 6) is 0.826. The lowest BCUT2D eigenvalue weighted by atomic mass is 10.0. The molecule has 2 heterocycles. The number of pyridine rings is 1. The number of ether oxygens (including phenoxy) is 1. The Kier molecular flexibility index (Phi) is 4.17. The number of aromatic nitrogens is 1. The standard InChI is InChI=1S/C14H21FN2O/c1-9-8-17-13(10(2)14(9)18-3)7-11(15)12-5-4-6-16-12/h8,11-12,16H,4-7H2,1-3H3. The maximum Gasteiger partial charge on any atom is 0.128 e. The predicted molar refractivity (Wildman–Crippen MR) is 69.9 cm³/mol. The van der Waals surface area contributed by atoms with Gasteiger partial charge in [-0.2, -0.15) is 0 Å². The van der Waals surface area contributed by atoms with E-state index in [0.717, 1.165) is 42.0 Å². The molecule has 1 aliphatic heterocycles. The highest BCUT2D eigenvalue weighted by molar-refractivity contribution is 5.41. The second kappa shape index (κ2) is 5.65. The van der Waals surface area contributed by atoms with E-state index >= 15 is 0 Å². The lowest BCUT2D eigenvalue weighted by molar-refractivity contribution is 0.261. The lowest BCUT2D eigenvalue weighted by Crippen LogP contribution is -2.33. The summed E-state index contributed by atoms with van der Waals surface area (Å²) in [5.41, 5.74) is 2.75. The van der Waals surface area contributed by atoms with Gasteiger partial charge >= 0.3 is 0 Å². The average Bonchev–Trinajstić information content (AvgIpc) is 2.87. The molecule has 1 saturated heterocycles. The molecule has 0 amide bonds. The molecule has 0 bridgehead atoms. The topological polar surface area (TPSA) is 34.1 Å². The monoisotopic (exact) mass is 252 g/mol. The molecule has 18 heavy (non-hydrogen) atoms. The second-order valence-corrected chi connectivity index (χ2v) is 4.97. The van der Waals surface area contributed by atoms with Gasteiger partial charge in [-0.25, -0.2) is 4.39 Å². The number of nitrogens with one attached hydrogen (secondary N) is 1. The maximum absolute atomic E-state index is 14.2. The average molecular weight is 252 g/mol. The van der Waals surface area contributed by atoms with E-state index in [2.05, 4.69) is 10.3 Å². The Morgan fingerprint density at radius 2 is 2.33 bits per heavy atom. The molecule has 1 aromatic heterocycles. The van der Waals surface area contributed by atoms with Crippen LogP contribution >= 0.6 is 0 Å². The Morgan fingerprint density at radius 1 is 1.56 bits per heavy atom. The van der Waals surface area contributed by atoms with Crippen LogP contribution in [0.4, 0.5) is 4.39 Å². The minimum absolute atomic E-state index is 0.0153. The quantitative estimate of drug-likeness (QED) is 0.893. The van der Waals surface area contributed by atoms with E-state index in [1.54, 1.807) is 13.3 Å². The van der Waals surface area contributed by atoms with Gasteiger partial charge in [0.25, 0.3) is 0 Å². The third-order valence-electron chi connectivity index (χ3n) is 3.67. The Hall–Kier alpha value is -1.16. The summed E-state index contributed by atoms with van der Waals surface area (Å²) in [7, 11) is 1.64. The first-order chi connectivity index (χ1) is 8.63. The third-order valence-corrected chi connectivity index (χ3v) is 3.67. The summed E-state index contributed by atoms with van der Waals surface area (Å²) in [6, 6.07) is -0.0153. The SMILES string of the molecule is COc1c(C)cnc(CC(F)C2CCCN2)c1C. The molecule has 4 heteroatoms. The highest BCUT2D eigenvalue weighted by atomic mass is 19.1. The molecule has 1 fully saturated rings. The van der Waals surface area contributed by atoms with Crippen LogP contribution in [0.15, 0.2) is 6.20 Å². The van der Waals surface area contributed by atoms with Gasteiger partial charge in [-0.15, -0.1) is 0 Å². The van der Waals surface area contributed by atoms with Crippen molar-refractivity contribution in [2.24, 2.45) is 0 Å². The van der Waals surface area contributed by atoms with E-state index in [4.69, 9.17) is 4.74 Å². The molecule has 0 aromatic carbocycles. The predicted octanol–water partition coefficient (Wildman–Crippen LogP) is 2.34. The van der Waals surface area contributed by atoms with Gasteiger partial charge in [-0.3, -0.25) is 4.98 Å². The van der Waals surface area contributed by atoms with E-state index < -0.39 is 6.17 Å². The van der Waals surface area contributed by atoms with Crippen molar-refractivity contribution in [3.63, 3.8) is 0 Å². The van der Waals surface area contributed by atoms with Crippen LogP contribution in [0.1, 0.15) is 29.7 Å². The van der Waals surface area contributed by atoms with Crippen LogP contribution in [0.2, 0.25) is 0 Å². The molecular weight excluding hydrogens is 231 g/mol. The zero-order valence-electron chi connectivity index (χ0n) is 11.3. The zero-order chi connectivity index (χ0) is 13.1. The van der Waals surface area contributed by atoms with Gasteiger partial charge in [0.2, 0.25) is 0 Å². The molecule has 100 valence electrons. The van der Waals surface area contributed by atoms with E-state index in [-0.39, 0.29) is 6.04 Å². The summed E-state index contributed by atoms with van der Waals surface area (Å²) >= 11 is 0. The largest absolute Gasteiger partial charge is 0.496 e. The fraction of sp³-hybridized carbons (Fsp3) is 0.643. The minimum Gasteiger partial charge on any atom is -0.496 e. The van der Waals surface area contributed by atoms with E-state index in [1.807, 2.05) is 13.8 Å². The number of halogens is 1. The Balaban J connectivity index is 2.13. The molecule has 0 radical (unpaired) electrons. The third kappa shape index (κ3) is 2.64. The van der Waals surface area contributed by atoms with Crippen molar-refractivity contribution in [2.45, 2.75) is 45.3 Å². The second-order valence-electron chi connectivity index (χ2n) is 4.97. The van der Waals surface area contributed by atoms with Gasteiger partial charge in [-0.05, 0) is 33.2 Å². The van der Waals surface area contributed by atoms with Crippen LogP contribution in [-0.4, -0.2) is 30.9 Å². The van der Waals surface area contributed by atoms with Crippen molar-refractivity contribution in [3.05, 3.63) is 23.0 Å². The first-order valence-corrected chi connectivity index (χ1v) is 6.50. The molecule has 1 aromatic rings. The van der Waals surface area contributed by atoms with Gasteiger partial charge in [0.1, 0.15) is 11.9 Å². The van der Waals surface area contributed by atoms with Gasteiger partial charge < -0.3 is 10.1 Å². The molecule has 2 unspecified atom stereocenters. The molecule has 2 rings (SSSR count). The summed E-state index contributed by atoms with van der Waals surface area (Å²) < 4.78 is 19.5. The first kappa shape index (κ1) is 13.3. The van der Waals surface area contributed by atoms with Gasteiger partial charge in [0, 0.05) is 35.5 Å². The molecule has 1 N–H and O–H groups in total. The van der Waals surface area contributed by atoms with Gasteiger partial charge in [0.15, 0.2) is 0 Å². The first-order valence-electron chi connectivity index (χ1n) is 6.50. The summed E-state index contributed by atoms with van der Waals surface area (Å²) in [6.45, 7) is 4.83. The Bertz CT molecular complexity index is 417. The highest BCUT2D eigenvalue weighted by Gasteiger charge is 2.25. The number of aryl methyl sites for hydroxylation is 1. The zero-order valence-corrected chi connectivity index (χ0v) is 11.3. The molecule has 2 atom stereocenters. The summed E-state index contributed by atoms with van der Waals surface area (Å²) in [4.78, 5) is 4.35. The normalized spacial score (nSPS) is 21.0. The Labute approximate surface area is 108 Å². The van der Waals surface area contributed by atoms with Crippen LogP contribution < -0.4 is 10.1 Å². The maximum atomic E-state index is 14.2. The van der Waals surface area contributed by atoms with Crippen molar-refractivity contribution in [2.75, 3.05) is 13.7 Å². The lowest BCUT2D eigenvalue weighted by Gasteiger charge is -2.18. The highest BCUT2D eigenvalue weighted by Crippen LogP contribution is 2.26. The fourth-order valence-corrected chi connectivity index (χ4v) is 2.62. The van der Waals surface area contributed by atoms with E-state index in [9.17, 15) is 4.39 Å². The number of nitrogens with zero attached hydrogens (tertiary/aromatic N) is 1. The smallest absolute Gasteiger partial charge is 0.128 e. The van der Waals surface area contributed by atoms with E-state index in [1.165, 1.54) is 0 Å². The van der Waals surface area contributed by atoms with Crippen molar-refractivity contribution in [1.82, 2.24) is 10.3 Å². The van der Waals surface area contributed by atoms with Crippen LogP contribution in [0.5, 0.6) is 5.75 Å². The van der Waals surface area contributed by atoms with Gasteiger partial charge in [0.05, 0.1) is 7.11 Å². The number of alkyl halides is 1. The minimum atomic E-state index is -0.869. The number of hydrogen-bond donors (Lipinski definition) is 1. The molecule has 3 nitrogen and oxygen atoms in total. The number of methoxy groups -OCH3 is 1. The van der Waals surface area contributed by atoms with Crippen LogP contribution in [0, 0.1) is 13.8 Å². The van der Waals surface area contributed by atoms with Crippen molar-refractivity contribution in [1.29, 1.82) is 0 Å². The van der Waals surface area contributed by atoms with E-state index in [0.29, 0.717) is 6.42 Å². The number of rotatable bonds is 4. The van der Waals surface area contributed by atoms with Crippen molar-refractivity contribution < 1.29 is 9.13 Å². The summed E-state index contributed by atoms with van der Waals surface area (Å²) in [5, 5.41) is 3.20. The van der Waals surface area contributed by atoms with Crippen molar-refractivity contribution in [3.8, 4) is 5.75 Å². The van der Waals surface area contributed by atoms with Crippen molar-refractivity contribution >= 4 is 0 Å². The molecular formula is C14H21FN2O. The summed E-state index contributed by atoms with van der Waals surface area (Å²) in [6.07, 6.45) is 3.24. The Morgan fingerprint density at radius 3 is 2.94 bits per heavy atom. The molecule has 0 spiro atoms. The van der Waals surface area contributed by atoms with Crippen LogP contribution in [0.25, 0.3) is 0 Å². The van der Waals surface area contributed by atoms with Gasteiger partial charge in [-0.1, -0.05) is 0 Å².